The lowest BCUT2D eigenvalue weighted by Gasteiger charge is -2.43. The number of ether oxygens (including phenoxy) is 4. The van der Waals surface area contributed by atoms with E-state index >= 15 is 0 Å². The van der Waals surface area contributed by atoms with Crippen LogP contribution in [-0.2, 0) is 28.5 Å². The van der Waals surface area contributed by atoms with Gasteiger partial charge in [0.1, 0.15) is 6.10 Å². The van der Waals surface area contributed by atoms with E-state index in [-0.39, 0.29) is 18.0 Å². The van der Waals surface area contributed by atoms with E-state index in [1.165, 1.54) is 51.9 Å². The van der Waals surface area contributed by atoms with Crippen molar-refractivity contribution in [1.82, 2.24) is 14.7 Å². The van der Waals surface area contributed by atoms with E-state index in [1.54, 1.807) is 0 Å². The number of esters is 2. The molecule has 5 fully saturated rings. The molecule has 9 heteroatoms. The third-order valence-corrected chi connectivity index (χ3v) is 10.4. The Labute approximate surface area is 268 Å². The second-order valence-electron chi connectivity index (χ2n) is 13.8. The predicted molar refractivity (Wildman–Crippen MR) is 175 cm³/mol. The average Bonchev–Trinajstić information content (AvgIpc) is 3.03. The second-order valence-corrected chi connectivity index (χ2v) is 13.8. The zero-order chi connectivity index (χ0) is 31.7. The molecule has 0 aromatic carbocycles. The van der Waals surface area contributed by atoms with Gasteiger partial charge in [0.15, 0.2) is 0 Å². The summed E-state index contributed by atoms with van der Waals surface area (Å²) < 4.78 is 21.8. The molecule has 0 radical (unpaired) electrons. The zero-order valence-electron chi connectivity index (χ0n) is 28.8. The van der Waals surface area contributed by atoms with Gasteiger partial charge in [0.2, 0.25) is 0 Å². The summed E-state index contributed by atoms with van der Waals surface area (Å²) in [5.74, 6) is 1.91. The Balaban J connectivity index is 0.000000251. The lowest BCUT2D eigenvalue weighted by atomic mass is 9.86. The molecule has 0 N–H and O–H groups in total. The van der Waals surface area contributed by atoms with Crippen molar-refractivity contribution in [2.45, 2.75) is 116 Å². The maximum Gasteiger partial charge on any atom is 0.306 e. The van der Waals surface area contributed by atoms with Crippen molar-refractivity contribution in [2.24, 2.45) is 17.8 Å². The maximum absolute atomic E-state index is 12.1. The van der Waals surface area contributed by atoms with Gasteiger partial charge in [-0.05, 0) is 115 Å². The van der Waals surface area contributed by atoms with Crippen LogP contribution < -0.4 is 0 Å². The highest BCUT2D eigenvalue weighted by Crippen LogP contribution is 2.30. The van der Waals surface area contributed by atoms with Gasteiger partial charge in [-0.2, -0.15) is 0 Å². The van der Waals surface area contributed by atoms with Crippen LogP contribution in [0.2, 0.25) is 0 Å². The van der Waals surface area contributed by atoms with Gasteiger partial charge in [0, 0.05) is 46.7 Å². The summed E-state index contributed by atoms with van der Waals surface area (Å²) >= 11 is 0. The van der Waals surface area contributed by atoms with Gasteiger partial charge in [-0.15, -0.1) is 0 Å². The van der Waals surface area contributed by atoms with Crippen LogP contribution in [0, 0.1) is 17.8 Å². The third kappa shape index (κ3) is 13.2. The fourth-order valence-electron chi connectivity index (χ4n) is 7.28. The SMILES string of the molecule is CCOC(=O)CCCCCN1CC[C@@H](C)[C@@H](OC)C1.CO[C@H]1CN(CCCCCC(=O)OC2CN3CCC2CC3)CC[C@H]1C. The Kier molecular flexibility index (Phi) is 17.6. The Hall–Kier alpha value is -1.26. The number of carbonyl (C=O) groups is 2. The number of likely N-dealkylation sites (tertiary alicyclic amines) is 2. The maximum atomic E-state index is 12.1. The third-order valence-electron chi connectivity index (χ3n) is 10.4. The van der Waals surface area contributed by atoms with E-state index in [0.717, 1.165) is 71.2 Å². The number of piperidine rings is 5. The molecule has 0 aromatic rings. The number of hydrogen-bond acceptors (Lipinski definition) is 9. The minimum atomic E-state index is -0.0613. The van der Waals surface area contributed by atoms with Crippen LogP contribution in [0.15, 0.2) is 0 Å². The topological polar surface area (TPSA) is 80.8 Å². The summed E-state index contributed by atoms with van der Waals surface area (Å²) in [6.45, 7) is 17.0. The minimum Gasteiger partial charge on any atom is -0.466 e. The van der Waals surface area contributed by atoms with Crippen LogP contribution in [0.25, 0.3) is 0 Å². The number of methoxy groups -OCH3 is 2. The number of nitrogens with zero attached hydrogens (tertiary/aromatic N) is 3. The normalized spacial score (nSPS) is 30.8. The summed E-state index contributed by atoms with van der Waals surface area (Å²) in [6.07, 6.45) is 13.4. The van der Waals surface area contributed by atoms with Crippen molar-refractivity contribution in [1.29, 1.82) is 0 Å². The highest BCUT2D eigenvalue weighted by Gasteiger charge is 2.36. The summed E-state index contributed by atoms with van der Waals surface area (Å²) in [5, 5.41) is 0. The summed E-state index contributed by atoms with van der Waals surface area (Å²) in [6, 6.07) is 0. The highest BCUT2D eigenvalue weighted by molar-refractivity contribution is 5.69. The molecule has 0 amide bonds. The van der Waals surface area contributed by atoms with Crippen LogP contribution in [-0.4, -0.2) is 125 Å². The first-order valence-corrected chi connectivity index (χ1v) is 17.9. The van der Waals surface area contributed by atoms with E-state index in [1.807, 2.05) is 21.1 Å². The molecular weight excluding hydrogens is 558 g/mol. The number of rotatable bonds is 16. The molecule has 0 aromatic heterocycles. The van der Waals surface area contributed by atoms with Crippen molar-refractivity contribution >= 4 is 11.9 Å². The lowest BCUT2D eigenvalue weighted by molar-refractivity contribution is -0.159. The van der Waals surface area contributed by atoms with E-state index in [0.29, 0.717) is 49.4 Å². The quantitative estimate of drug-likeness (QED) is 0.174. The van der Waals surface area contributed by atoms with Crippen LogP contribution in [0.4, 0.5) is 0 Å². The van der Waals surface area contributed by atoms with Crippen molar-refractivity contribution < 1.29 is 28.5 Å². The van der Waals surface area contributed by atoms with Gasteiger partial charge in [-0.1, -0.05) is 26.7 Å². The van der Waals surface area contributed by atoms with Gasteiger partial charge in [0.25, 0.3) is 0 Å². The Bertz CT molecular complexity index is 807. The van der Waals surface area contributed by atoms with Crippen LogP contribution in [0.3, 0.4) is 0 Å². The predicted octanol–water partition coefficient (Wildman–Crippen LogP) is 5.01. The largest absolute Gasteiger partial charge is 0.466 e. The monoisotopic (exact) mass is 623 g/mol. The molecule has 5 atom stereocenters. The molecule has 5 rings (SSSR count). The summed E-state index contributed by atoms with van der Waals surface area (Å²) in [5.41, 5.74) is 0. The molecule has 9 nitrogen and oxygen atoms in total. The van der Waals surface area contributed by atoms with Crippen molar-refractivity contribution in [3.63, 3.8) is 0 Å². The molecule has 0 aliphatic carbocycles. The molecule has 5 aliphatic heterocycles. The first-order valence-electron chi connectivity index (χ1n) is 17.9. The van der Waals surface area contributed by atoms with Crippen LogP contribution in [0.1, 0.15) is 97.8 Å². The van der Waals surface area contributed by atoms with Gasteiger partial charge in [-0.25, -0.2) is 0 Å². The number of fused-ring (bicyclic) bond motifs is 3. The Morgan fingerprint density at radius 2 is 1.16 bits per heavy atom. The summed E-state index contributed by atoms with van der Waals surface area (Å²) in [7, 11) is 3.63. The molecule has 44 heavy (non-hydrogen) atoms. The van der Waals surface area contributed by atoms with Crippen LogP contribution in [0.5, 0.6) is 0 Å². The number of hydrogen-bond donors (Lipinski definition) is 0. The fourth-order valence-corrected chi connectivity index (χ4v) is 7.28. The second kappa shape index (κ2) is 20.8. The van der Waals surface area contributed by atoms with Gasteiger partial charge in [-0.3, -0.25) is 14.5 Å². The molecule has 2 bridgehead atoms. The van der Waals surface area contributed by atoms with Gasteiger partial charge >= 0.3 is 11.9 Å². The molecular formula is C35H65N3O6. The van der Waals surface area contributed by atoms with E-state index in [4.69, 9.17) is 18.9 Å². The van der Waals surface area contributed by atoms with Crippen molar-refractivity contribution in [2.75, 3.05) is 79.7 Å². The van der Waals surface area contributed by atoms with Gasteiger partial charge < -0.3 is 28.7 Å². The number of unbranched alkanes of at least 4 members (excludes halogenated alkanes) is 4. The summed E-state index contributed by atoms with van der Waals surface area (Å²) in [4.78, 5) is 30.7. The van der Waals surface area contributed by atoms with Crippen LogP contribution >= 0.6 is 0 Å². The van der Waals surface area contributed by atoms with Crippen molar-refractivity contribution in [3.8, 4) is 0 Å². The minimum absolute atomic E-state index is 0.0185. The standard InChI is InChI=1S/C20H36N2O3.C15H29NO3/c1-16-7-11-21(14-18(16)24-2)10-5-3-4-6-20(23)25-19-15-22-12-8-17(19)9-13-22;1-4-19-15(17)8-6-5-7-10-16-11-9-13(2)14(12-16)18-3/h16-19H,3-15H2,1-2H3;13-14H,4-12H2,1-3H3/t16-,18+,19?;13-,14+/m11/s1. The molecule has 1 unspecified atom stereocenters. The lowest BCUT2D eigenvalue weighted by Crippen LogP contribution is -2.51. The molecule has 5 heterocycles. The average molecular weight is 624 g/mol. The smallest absolute Gasteiger partial charge is 0.306 e. The van der Waals surface area contributed by atoms with E-state index in [9.17, 15) is 9.59 Å². The van der Waals surface area contributed by atoms with E-state index < -0.39 is 0 Å². The first-order chi connectivity index (χ1) is 21.3. The molecule has 256 valence electrons. The van der Waals surface area contributed by atoms with Crippen molar-refractivity contribution in [3.05, 3.63) is 0 Å². The molecule has 0 spiro atoms. The fraction of sp³-hybridized carbons (Fsp3) is 0.943. The first kappa shape index (κ1) is 37.2. The van der Waals surface area contributed by atoms with E-state index in [2.05, 4.69) is 28.5 Å². The molecule has 5 saturated heterocycles. The Morgan fingerprint density at radius 3 is 1.61 bits per heavy atom. The zero-order valence-corrected chi connectivity index (χ0v) is 28.8. The molecule has 0 saturated carbocycles. The molecule has 5 aliphatic rings. The number of carbonyl (C=O) groups excluding carboxylic acids is 2. The van der Waals surface area contributed by atoms with Gasteiger partial charge in [0.05, 0.1) is 18.8 Å². The Morgan fingerprint density at radius 1 is 0.636 bits per heavy atom. The highest BCUT2D eigenvalue weighted by atomic mass is 16.5.